The molecule has 1 unspecified atom stereocenters. The molecule has 11 heteroatoms. The molecule has 0 saturated heterocycles. The number of methoxy groups -OCH3 is 1. The van der Waals surface area contributed by atoms with Crippen molar-refractivity contribution in [1.82, 2.24) is 5.32 Å². The second-order valence-corrected chi connectivity index (χ2v) is 18.5. The van der Waals surface area contributed by atoms with E-state index in [4.69, 9.17) is 22.9 Å². The van der Waals surface area contributed by atoms with Crippen LogP contribution in [0.5, 0.6) is 0 Å². The molecular weight excluding hydrogens is 501 g/mol. The molecule has 208 valence electrons. The molecule has 0 spiro atoms. The van der Waals surface area contributed by atoms with Crippen LogP contribution in [0.15, 0.2) is 30.3 Å². The molecule has 36 heavy (non-hydrogen) atoms. The van der Waals surface area contributed by atoms with Crippen LogP contribution in [-0.2, 0) is 34.3 Å². The summed E-state index contributed by atoms with van der Waals surface area (Å²) in [5, 5.41) is 2.60. The van der Waals surface area contributed by atoms with Crippen LogP contribution < -0.4 is 5.32 Å². The zero-order valence-electron chi connectivity index (χ0n) is 23.6. The molecule has 2 N–H and O–H groups in total. The fourth-order valence-corrected chi connectivity index (χ4v) is 9.03. The molecule has 0 saturated carbocycles. The predicted octanol–water partition coefficient (Wildman–Crippen LogP) is 5.39. The minimum absolute atomic E-state index is 0.0305. The summed E-state index contributed by atoms with van der Waals surface area (Å²) in [5.74, 6) is -2.51. The molecule has 0 aliphatic carbocycles. The van der Waals surface area contributed by atoms with E-state index in [9.17, 15) is 14.5 Å². The number of nitrogens with one attached hydrogen (secondary N) is 1. The summed E-state index contributed by atoms with van der Waals surface area (Å²) >= 11 is 0. The van der Waals surface area contributed by atoms with Gasteiger partial charge in [0.2, 0.25) is 0 Å². The van der Waals surface area contributed by atoms with E-state index in [2.05, 4.69) is 5.32 Å². The monoisotopic (exact) mass is 547 g/mol. The number of hydrogen-bond donors (Lipinski definition) is 2. The summed E-state index contributed by atoms with van der Waals surface area (Å²) in [6, 6.07) is 8.00. The first-order valence-corrected chi connectivity index (χ1v) is 17.4. The standard InChI is InChI=1S/C25H46NO8PSi/c1-18(20(21(27)30-8)26-23(28)31-17-19-15-13-12-14-16-19)22(32-36(9,10)11)35(29,33-24(2,3)4)34-25(5,6)7/h12-16,18,20,22,29,35H,17H2,1-11H3,(H,26,28)/t18-,20+,22?/m1/s1. The zero-order valence-corrected chi connectivity index (χ0v) is 25.6. The van der Waals surface area contributed by atoms with Gasteiger partial charge in [-0.25, -0.2) is 0 Å². The van der Waals surface area contributed by atoms with E-state index in [1.165, 1.54) is 7.11 Å². The molecule has 0 bridgehead atoms. The Kier molecular flexibility index (Phi) is 11.5. The van der Waals surface area contributed by atoms with Crippen molar-refractivity contribution in [3.05, 3.63) is 35.9 Å². The fourth-order valence-electron chi connectivity index (χ4n) is 3.51. The van der Waals surface area contributed by atoms with Crippen molar-refractivity contribution >= 4 is 28.3 Å². The third kappa shape index (κ3) is 11.7. The molecule has 9 nitrogen and oxygen atoms in total. The normalized spacial score (nSPS) is 16.0. The van der Waals surface area contributed by atoms with E-state index in [-0.39, 0.29) is 6.61 Å². The Balaban J connectivity index is 3.35. The van der Waals surface area contributed by atoms with Gasteiger partial charge in [-0.3, -0.25) is 0 Å². The van der Waals surface area contributed by atoms with Crippen molar-refractivity contribution in [3.63, 3.8) is 0 Å². The molecule has 1 amide bonds. The van der Waals surface area contributed by atoms with Crippen LogP contribution in [0.1, 0.15) is 54.0 Å². The molecular formula is C25H46NO8PSi. The molecule has 0 heterocycles. The minimum atomic E-state index is -4.15. The third-order valence-electron chi connectivity index (χ3n) is 4.69. The number of carbonyl (C=O) groups is 2. The summed E-state index contributed by atoms with van der Waals surface area (Å²) < 4.78 is 29.1. The van der Waals surface area contributed by atoms with Gasteiger partial charge in [0.05, 0.1) is 0 Å². The number of hydrogen-bond acceptors (Lipinski definition) is 8. The van der Waals surface area contributed by atoms with E-state index < -0.39 is 57.3 Å². The van der Waals surface area contributed by atoms with Gasteiger partial charge in [-0.15, -0.1) is 0 Å². The van der Waals surface area contributed by atoms with Gasteiger partial charge in [-0.2, -0.15) is 0 Å². The summed E-state index contributed by atoms with van der Waals surface area (Å²) in [6.07, 6.45) is -0.799. The maximum absolute atomic E-state index is 12.8. The summed E-state index contributed by atoms with van der Waals surface area (Å²) in [7, 11) is -5.24. The second-order valence-electron chi connectivity index (χ2n) is 11.8. The summed E-state index contributed by atoms with van der Waals surface area (Å²) in [4.78, 5) is 37.5. The number of amides is 1. The van der Waals surface area contributed by atoms with Gasteiger partial charge < -0.3 is 0 Å². The summed E-state index contributed by atoms with van der Waals surface area (Å²) in [5.41, 5.74) is -0.736. The Labute approximate surface area is 217 Å². The average molecular weight is 548 g/mol. The number of benzene rings is 1. The molecule has 3 atom stereocenters. The van der Waals surface area contributed by atoms with E-state index in [0.29, 0.717) is 0 Å². The van der Waals surface area contributed by atoms with Crippen molar-refractivity contribution in [1.29, 1.82) is 0 Å². The van der Waals surface area contributed by atoms with Crippen molar-refractivity contribution in [2.75, 3.05) is 7.11 Å². The third-order valence-corrected chi connectivity index (χ3v) is 9.06. The quantitative estimate of drug-likeness (QED) is 0.216. The zero-order chi connectivity index (χ0) is 27.9. The summed E-state index contributed by atoms with van der Waals surface area (Å²) in [6.45, 7) is 18.5. The van der Waals surface area contributed by atoms with Gasteiger partial charge in [0.15, 0.2) is 0 Å². The van der Waals surface area contributed by atoms with Crippen molar-refractivity contribution < 1.29 is 37.4 Å². The number of esters is 1. The van der Waals surface area contributed by atoms with Crippen LogP contribution in [0.25, 0.3) is 0 Å². The van der Waals surface area contributed by atoms with Gasteiger partial charge in [0, 0.05) is 0 Å². The number of alkyl carbamates (subject to hydrolysis) is 1. The number of rotatable bonds is 11. The van der Waals surface area contributed by atoms with E-state index in [0.717, 1.165) is 5.56 Å². The molecule has 0 aliphatic heterocycles. The first kappa shape index (κ1) is 32.5. The van der Waals surface area contributed by atoms with Crippen LogP contribution in [0.2, 0.25) is 19.6 Å². The number of ether oxygens (including phenoxy) is 2. The fraction of sp³-hybridized carbons (Fsp3) is 0.680. The Morgan fingerprint density at radius 1 is 1.00 bits per heavy atom. The van der Waals surface area contributed by atoms with Gasteiger partial charge in [0.25, 0.3) is 0 Å². The van der Waals surface area contributed by atoms with Gasteiger partial charge in [0.1, 0.15) is 0 Å². The average Bonchev–Trinajstić information content (AvgIpc) is 2.70. The topological polar surface area (TPSA) is 113 Å². The maximum atomic E-state index is 12.8. The Hall–Kier alpha value is -1.55. The van der Waals surface area contributed by atoms with Gasteiger partial charge in [-0.1, -0.05) is 0 Å². The van der Waals surface area contributed by atoms with Crippen molar-refractivity contribution in [2.45, 2.75) is 97.8 Å². The Morgan fingerprint density at radius 3 is 1.92 bits per heavy atom. The molecule has 1 rings (SSSR count). The Bertz CT molecular complexity index is 832. The molecule has 0 radical (unpaired) electrons. The van der Waals surface area contributed by atoms with Gasteiger partial charge >= 0.3 is 218 Å². The van der Waals surface area contributed by atoms with Crippen LogP contribution >= 0.6 is 7.94 Å². The van der Waals surface area contributed by atoms with E-state index >= 15 is 0 Å². The van der Waals surface area contributed by atoms with Crippen molar-refractivity contribution in [2.24, 2.45) is 5.92 Å². The van der Waals surface area contributed by atoms with Crippen LogP contribution in [0.3, 0.4) is 0 Å². The van der Waals surface area contributed by atoms with Crippen LogP contribution in [-0.4, -0.2) is 55.5 Å². The number of carbonyl (C=O) groups excluding carboxylic acids is 2. The molecule has 0 aliphatic rings. The second kappa shape index (κ2) is 12.8. The SMILES string of the molecule is COC(=O)[C@@H](NC(=O)OCc1ccccc1)[C@@H](C)C(O[Si](C)(C)C)[PH](O)(OC(C)(C)C)OC(C)(C)C. The molecule has 0 aromatic heterocycles. The van der Waals surface area contributed by atoms with Crippen LogP contribution in [0.4, 0.5) is 4.79 Å². The van der Waals surface area contributed by atoms with E-state index in [1.54, 1.807) is 6.92 Å². The molecule has 0 fully saturated rings. The first-order chi connectivity index (χ1) is 16.3. The van der Waals surface area contributed by atoms with Gasteiger partial charge in [-0.05, 0) is 0 Å². The molecule has 1 aromatic rings. The first-order valence-electron chi connectivity index (χ1n) is 12.1. The van der Waals surface area contributed by atoms with E-state index in [1.807, 2.05) is 91.5 Å². The van der Waals surface area contributed by atoms with Crippen LogP contribution in [0, 0.1) is 5.92 Å². The molecule has 1 aromatic carbocycles. The Morgan fingerprint density at radius 2 is 1.50 bits per heavy atom. The predicted molar refractivity (Wildman–Crippen MR) is 145 cm³/mol. The van der Waals surface area contributed by atoms with Crippen molar-refractivity contribution in [3.8, 4) is 0 Å².